The Labute approximate surface area is 263 Å². The van der Waals surface area contributed by atoms with Crippen molar-refractivity contribution in [3.63, 3.8) is 0 Å². The van der Waals surface area contributed by atoms with Gasteiger partial charge in [0, 0.05) is 25.2 Å². The number of amides is 1. The summed E-state index contributed by atoms with van der Waals surface area (Å²) in [5.41, 5.74) is -0.0618. The molecule has 0 saturated carbocycles. The zero-order valence-corrected chi connectivity index (χ0v) is 29.0. The van der Waals surface area contributed by atoms with Crippen LogP contribution in [0.2, 0.25) is 0 Å². The third-order valence-electron chi connectivity index (χ3n) is 7.81. The normalized spacial score (nSPS) is 12.5. The minimum absolute atomic E-state index is 0.0618. The summed E-state index contributed by atoms with van der Waals surface area (Å²) in [5, 5.41) is 14.0. The van der Waals surface area contributed by atoms with E-state index in [2.05, 4.69) is 49.8 Å². The van der Waals surface area contributed by atoms with E-state index in [1.54, 1.807) is 6.20 Å². The molecule has 1 aromatic heterocycles. The van der Waals surface area contributed by atoms with Gasteiger partial charge in [0.15, 0.2) is 0 Å². The topological polar surface area (TPSA) is 74.7 Å². The van der Waals surface area contributed by atoms with Gasteiger partial charge >= 0.3 is 0 Å². The first-order valence-electron chi connectivity index (χ1n) is 17.6. The number of nitrogens with zero attached hydrogens (tertiary/aromatic N) is 2. The SMILES string of the molecule is CCCCCCCCCCCCN(CCCCCCCCCCCC)C(=O)c1cnc(OCC(O)CNC(C)(C)C)s1. The second kappa shape index (κ2) is 25.2. The van der Waals surface area contributed by atoms with Gasteiger partial charge in [0.25, 0.3) is 11.1 Å². The highest BCUT2D eigenvalue weighted by Crippen LogP contribution is 2.23. The van der Waals surface area contributed by atoms with E-state index in [0.717, 1.165) is 25.9 Å². The summed E-state index contributed by atoms with van der Waals surface area (Å²) in [6, 6.07) is 0. The molecule has 6 nitrogen and oxygen atoms in total. The van der Waals surface area contributed by atoms with Crippen LogP contribution in [0.25, 0.3) is 0 Å². The highest BCUT2D eigenvalue weighted by atomic mass is 32.1. The van der Waals surface area contributed by atoms with Crippen molar-refractivity contribution in [2.75, 3.05) is 26.2 Å². The third kappa shape index (κ3) is 21.5. The first-order chi connectivity index (χ1) is 20.3. The molecule has 0 aliphatic carbocycles. The predicted octanol–water partition coefficient (Wildman–Crippen LogP) is 9.55. The number of aromatic nitrogens is 1. The average molecular weight is 610 g/mol. The Kier molecular flexibility index (Phi) is 23.3. The van der Waals surface area contributed by atoms with Crippen molar-refractivity contribution in [1.82, 2.24) is 15.2 Å². The molecule has 1 amide bonds. The van der Waals surface area contributed by atoms with Crippen LogP contribution in [0.4, 0.5) is 0 Å². The number of rotatable bonds is 28. The minimum atomic E-state index is -0.628. The highest BCUT2D eigenvalue weighted by molar-refractivity contribution is 7.15. The Morgan fingerprint density at radius 2 is 1.24 bits per heavy atom. The van der Waals surface area contributed by atoms with E-state index in [4.69, 9.17) is 4.74 Å². The van der Waals surface area contributed by atoms with E-state index in [-0.39, 0.29) is 18.1 Å². The number of β-amino-alcohol motifs (C(OH)–C–C–N with tert-alkyl or cyclic N) is 1. The van der Waals surface area contributed by atoms with Crippen molar-refractivity contribution in [3.8, 4) is 5.19 Å². The molecule has 0 radical (unpaired) electrons. The Bertz CT molecular complexity index is 741. The molecule has 0 aliphatic rings. The molecule has 0 aliphatic heterocycles. The van der Waals surface area contributed by atoms with Gasteiger partial charge in [-0.25, -0.2) is 4.98 Å². The molecule has 246 valence electrons. The monoisotopic (exact) mass is 609 g/mol. The van der Waals surface area contributed by atoms with Crippen molar-refractivity contribution >= 4 is 17.2 Å². The number of unbranched alkanes of at least 4 members (excludes halogenated alkanes) is 18. The first kappa shape index (κ1) is 38.8. The minimum Gasteiger partial charge on any atom is -0.467 e. The van der Waals surface area contributed by atoms with E-state index < -0.39 is 6.10 Å². The lowest BCUT2D eigenvalue weighted by Gasteiger charge is -2.22. The molecule has 1 heterocycles. The van der Waals surface area contributed by atoms with Crippen LogP contribution in [0.15, 0.2) is 6.20 Å². The van der Waals surface area contributed by atoms with Gasteiger partial charge in [-0.3, -0.25) is 4.79 Å². The molecular formula is C35H67N3O3S. The highest BCUT2D eigenvalue weighted by Gasteiger charge is 2.19. The van der Waals surface area contributed by atoms with Crippen LogP contribution in [-0.4, -0.2) is 58.8 Å². The fourth-order valence-electron chi connectivity index (χ4n) is 5.13. The molecule has 7 heteroatoms. The number of nitrogens with one attached hydrogen (secondary N) is 1. The fraction of sp³-hybridized carbons (Fsp3) is 0.886. The largest absolute Gasteiger partial charge is 0.467 e. The Morgan fingerprint density at radius 1 is 0.810 bits per heavy atom. The Balaban J connectivity index is 2.47. The maximum absolute atomic E-state index is 13.5. The van der Waals surface area contributed by atoms with Gasteiger partial charge in [-0.1, -0.05) is 141 Å². The number of carbonyl (C=O) groups excluding carboxylic acids is 1. The summed E-state index contributed by atoms with van der Waals surface area (Å²) in [7, 11) is 0. The van der Waals surface area contributed by atoms with Crippen molar-refractivity contribution < 1.29 is 14.6 Å². The van der Waals surface area contributed by atoms with Crippen molar-refractivity contribution in [1.29, 1.82) is 0 Å². The quantitative estimate of drug-likeness (QED) is 0.0926. The van der Waals surface area contributed by atoms with Crippen molar-refractivity contribution in [3.05, 3.63) is 11.1 Å². The van der Waals surface area contributed by atoms with Crippen LogP contribution in [0, 0.1) is 0 Å². The second-order valence-corrected chi connectivity index (χ2v) is 14.2. The van der Waals surface area contributed by atoms with Gasteiger partial charge in [0.2, 0.25) is 0 Å². The summed E-state index contributed by atoms with van der Waals surface area (Å²) in [5.74, 6) is 0.0733. The summed E-state index contributed by atoms with van der Waals surface area (Å²) in [4.78, 5) is 20.5. The van der Waals surface area contributed by atoms with Crippen molar-refractivity contribution in [2.24, 2.45) is 0 Å². The summed E-state index contributed by atoms with van der Waals surface area (Å²) in [6.45, 7) is 13.0. The zero-order chi connectivity index (χ0) is 30.9. The van der Waals surface area contributed by atoms with Crippen LogP contribution in [-0.2, 0) is 0 Å². The number of hydrogen-bond acceptors (Lipinski definition) is 6. The maximum Gasteiger partial charge on any atom is 0.273 e. The number of carbonyl (C=O) groups is 1. The van der Waals surface area contributed by atoms with Gasteiger partial charge in [-0.15, -0.1) is 0 Å². The third-order valence-corrected chi connectivity index (χ3v) is 8.71. The van der Waals surface area contributed by atoms with Gasteiger partial charge in [-0.05, 0) is 33.6 Å². The number of thiazole rings is 1. The Morgan fingerprint density at radius 3 is 1.67 bits per heavy atom. The molecule has 1 rings (SSSR count). The van der Waals surface area contributed by atoms with Gasteiger partial charge in [0.05, 0.1) is 6.20 Å². The predicted molar refractivity (Wildman–Crippen MR) is 181 cm³/mol. The molecule has 0 saturated heterocycles. The summed E-state index contributed by atoms with van der Waals surface area (Å²) < 4.78 is 5.72. The van der Waals surface area contributed by atoms with Crippen LogP contribution in [0.1, 0.15) is 173 Å². The van der Waals surface area contributed by atoms with Gasteiger partial charge in [-0.2, -0.15) is 0 Å². The Hall–Kier alpha value is -1.18. The van der Waals surface area contributed by atoms with Crippen LogP contribution >= 0.6 is 11.3 Å². The standard InChI is InChI=1S/C35H67N3O3S/c1-6-8-10-12-14-16-18-20-22-24-26-38(27-25-23-21-19-17-15-13-11-9-7-2)33(40)32-29-36-34(42-32)41-30-31(39)28-37-35(3,4)5/h29,31,37,39H,6-28,30H2,1-5H3. The van der Waals surface area contributed by atoms with E-state index in [0.29, 0.717) is 16.6 Å². The lowest BCUT2D eigenvalue weighted by molar-refractivity contribution is 0.0753. The van der Waals surface area contributed by atoms with Crippen LogP contribution in [0.3, 0.4) is 0 Å². The van der Waals surface area contributed by atoms with Crippen LogP contribution in [0.5, 0.6) is 5.19 Å². The summed E-state index contributed by atoms with van der Waals surface area (Å²) in [6.07, 6.45) is 27.0. The molecule has 0 bridgehead atoms. The fourth-order valence-corrected chi connectivity index (χ4v) is 5.87. The molecule has 0 spiro atoms. The smallest absolute Gasteiger partial charge is 0.273 e. The molecular weight excluding hydrogens is 542 g/mol. The van der Waals surface area contributed by atoms with E-state index in [9.17, 15) is 9.90 Å². The maximum atomic E-state index is 13.5. The number of aliphatic hydroxyl groups excluding tert-OH is 1. The summed E-state index contributed by atoms with van der Waals surface area (Å²) >= 11 is 1.30. The molecule has 42 heavy (non-hydrogen) atoms. The average Bonchev–Trinajstić information content (AvgIpc) is 3.44. The molecule has 1 atom stereocenters. The van der Waals surface area contributed by atoms with E-state index in [1.807, 2.05) is 0 Å². The van der Waals surface area contributed by atoms with E-state index >= 15 is 0 Å². The second-order valence-electron chi connectivity index (χ2n) is 13.2. The lowest BCUT2D eigenvalue weighted by atomic mass is 10.1. The number of ether oxygens (including phenoxy) is 1. The molecule has 1 unspecified atom stereocenters. The zero-order valence-electron chi connectivity index (χ0n) is 28.2. The van der Waals surface area contributed by atoms with Crippen molar-refractivity contribution in [2.45, 2.75) is 175 Å². The number of aliphatic hydroxyl groups is 1. The molecule has 2 N–H and O–H groups in total. The van der Waals surface area contributed by atoms with E-state index in [1.165, 1.54) is 127 Å². The lowest BCUT2D eigenvalue weighted by Crippen LogP contribution is -2.42. The molecule has 0 aromatic carbocycles. The molecule has 1 aromatic rings. The number of hydrogen-bond donors (Lipinski definition) is 2. The van der Waals surface area contributed by atoms with Crippen LogP contribution < -0.4 is 10.1 Å². The van der Waals surface area contributed by atoms with Gasteiger partial charge < -0.3 is 20.1 Å². The first-order valence-corrected chi connectivity index (χ1v) is 18.4. The molecule has 0 fully saturated rings. The van der Waals surface area contributed by atoms with Gasteiger partial charge in [0.1, 0.15) is 17.6 Å².